The van der Waals surface area contributed by atoms with Crippen molar-refractivity contribution >= 4 is 29.2 Å². The first-order valence-corrected chi connectivity index (χ1v) is 7.54. The molecule has 0 atom stereocenters. The molecule has 0 fully saturated rings. The van der Waals surface area contributed by atoms with Gasteiger partial charge in [0.2, 0.25) is 0 Å². The van der Waals surface area contributed by atoms with E-state index in [4.69, 9.17) is 4.74 Å². The van der Waals surface area contributed by atoms with Crippen molar-refractivity contribution in [2.75, 3.05) is 13.7 Å². The zero-order chi connectivity index (χ0) is 16.8. The van der Waals surface area contributed by atoms with Gasteiger partial charge in [-0.15, -0.1) is 11.3 Å². The molecule has 0 aliphatic heterocycles. The Morgan fingerprint density at radius 2 is 1.91 bits per heavy atom. The van der Waals surface area contributed by atoms with Crippen LogP contribution in [0.4, 0.5) is 4.79 Å². The first-order valence-electron chi connectivity index (χ1n) is 6.72. The molecule has 1 aromatic carbocycles. The summed E-state index contributed by atoms with van der Waals surface area (Å²) in [6.45, 7) is 1.16. The summed E-state index contributed by atoms with van der Waals surface area (Å²) in [6, 6.07) is 8.78. The van der Waals surface area contributed by atoms with Crippen LogP contribution in [-0.4, -0.2) is 36.5 Å². The minimum Gasteiger partial charge on any atom is -0.451 e. The number of nitrogens with one attached hydrogen (secondary N) is 2. The lowest BCUT2D eigenvalue weighted by atomic mass is 10.2. The summed E-state index contributed by atoms with van der Waals surface area (Å²) >= 11 is 1.19. The molecule has 2 N–H and O–H groups in total. The monoisotopic (exact) mass is 333 g/mol. The van der Waals surface area contributed by atoms with Crippen LogP contribution in [0.5, 0.6) is 0 Å². The Balaban J connectivity index is 2.02. The molecule has 7 nitrogen and oxygen atoms in total. The minimum absolute atomic E-state index is 0.330. The van der Waals surface area contributed by atoms with Crippen molar-refractivity contribution in [1.29, 1.82) is 0 Å². The molecule has 0 spiro atoms. The fourth-order valence-electron chi connectivity index (χ4n) is 1.71. The van der Waals surface area contributed by atoms with Crippen molar-refractivity contribution in [3.63, 3.8) is 0 Å². The summed E-state index contributed by atoms with van der Waals surface area (Å²) < 4.78 is 4.90. The van der Waals surface area contributed by atoms with Gasteiger partial charge in [0, 0.05) is 12.6 Å². The number of urea groups is 1. The standard InChI is InChI=1S/C15H15N3O4S/c1-9-12(14(20)22-8-11(19)18-15(21)16-2)23-13(17-9)10-6-4-3-5-7-10/h3-7H,8H2,1-2H3,(H2,16,18,19,21). The smallest absolute Gasteiger partial charge is 0.350 e. The number of carbonyl (C=O) groups is 3. The number of aryl methyl sites for hydroxylation is 1. The van der Waals surface area contributed by atoms with E-state index in [1.165, 1.54) is 18.4 Å². The first kappa shape index (κ1) is 16.6. The van der Waals surface area contributed by atoms with Crippen LogP contribution >= 0.6 is 11.3 Å². The van der Waals surface area contributed by atoms with Crippen LogP contribution in [0.1, 0.15) is 15.4 Å². The second-order valence-electron chi connectivity index (χ2n) is 4.50. The summed E-state index contributed by atoms with van der Waals surface area (Å²) in [7, 11) is 1.38. The molecule has 0 radical (unpaired) electrons. The predicted octanol–water partition coefficient (Wildman–Crippen LogP) is 1.73. The number of thiazole rings is 1. The number of hydrogen-bond donors (Lipinski definition) is 2. The number of nitrogens with zero attached hydrogens (tertiary/aromatic N) is 1. The lowest BCUT2D eigenvalue weighted by Gasteiger charge is -2.04. The summed E-state index contributed by atoms with van der Waals surface area (Å²) in [5, 5.41) is 4.93. The number of esters is 1. The van der Waals surface area contributed by atoms with Crippen molar-refractivity contribution in [3.05, 3.63) is 40.9 Å². The molecule has 8 heteroatoms. The zero-order valence-electron chi connectivity index (χ0n) is 12.6. The van der Waals surface area contributed by atoms with Crippen LogP contribution in [-0.2, 0) is 9.53 Å². The molecule has 120 valence electrons. The number of benzene rings is 1. The van der Waals surface area contributed by atoms with Crippen molar-refractivity contribution in [2.24, 2.45) is 0 Å². The molecule has 0 bridgehead atoms. The molecular weight excluding hydrogens is 318 g/mol. The van der Waals surface area contributed by atoms with Crippen molar-refractivity contribution in [2.45, 2.75) is 6.92 Å². The highest BCUT2D eigenvalue weighted by Crippen LogP contribution is 2.28. The number of hydrogen-bond acceptors (Lipinski definition) is 6. The van der Waals surface area contributed by atoms with E-state index in [2.05, 4.69) is 10.3 Å². The van der Waals surface area contributed by atoms with Crippen LogP contribution in [0.2, 0.25) is 0 Å². The van der Waals surface area contributed by atoms with E-state index in [0.29, 0.717) is 15.6 Å². The molecule has 0 aliphatic rings. The molecule has 3 amide bonds. The second kappa shape index (κ2) is 7.50. The predicted molar refractivity (Wildman–Crippen MR) is 85.2 cm³/mol. The van der Waals surface area contributed by atoms with Gasteiger partial charge in [-0.05, 0) is 6.92 Å². The molecule has 1 heterocycles. The van der Waals surface area contributed by atoms with Gasteiger partial charge in [-0.3, -0.25) is 10.1 Å². The third-order valence-electron chi connectivity index (χ3n) is 2.82. The van der Waals surface area contributed by atoms with E-state index in [1.807, 2.05) is 35.6 Å². The molecule has 0 saturated heterocycles. The molecule has 0 unspecified atom stereocenters. The summed E-state index contributed by atoms with van der Waals surface area (Å²) in [6.07, 6.45) is 0. The maximum Gasteiger partial charge on any atom is 0.350 e. The SMILES string of the molecule is CNC(=O)NC(=O)COC(=O)c1sc(-c2ccccc2)nc1C. The van der Waals surface area contributed by atoms with E-state index in [-0.39, 0.29) is 0 Å². The highest BCUT2D eigenvalue weighted by Gasteiger charge is 2.19. The highest BCUT2D eigenvalue weighted by atomic mass is 32.1. The first-order chi connectivity index (χ1) is 11.0. The largest absolute Gasteiger partial charge is 0.451 e. The van der Waals surface area contributed by atoms with Gasteiger partial charge < -0.3 is 10.1 Å². The number of ether oxygens (including phenoxy) is 1. The van der Waals surface area contributed by atoms with Crippen molar-refractivity contribution in [1.82, 2.24) is 15.6 Å². The molecule has 2 rings (SSSR count). The number of imide groups is 1. The second-order valence-corrected chi connectivity index (χ2v) is 5.50. The topological polar surface area (TPSA) is 97.4 Å². The average molecular weight is 333 g/mol. The van der Waals surface area contributed by atoms with Gasteiger partial charge in [0.25, 0.3) is 5.91 Å². The van der Waals surface area contributed by atoms with Gasteiger partial charge in [-0.25, -0.2) is 14.6 Å². The average Bonchev–Trinajstić information content (AvgIpc) is 2.95. The molecule has 0 saturated carbocycles. The Labute approximate surface area is 136 Å². The maximum atomic E-state index is 12.0. The van der Waals surface area contributed by atoms with E-state index < -0.39 is 24.5 Å². The third-order valence-corrected chi connectivity index (χ3v) is 4.00. The van der Waals surface area contributed by atoms with Gasteiger partial charge in [-0.2, -0.15) is 0 Å². The van der Waals surface area contributed by atoms with Crippen molar-refractivity contribution in [3.8, 4) is 10.6 Å². The third kappa shape index (κ3) is 4.36. The number of amides is 3. The van der Waals surface area contributed by atoms with Crippen LogP contribution in [0, 0.1) is 6.92 Å². The van der Waals surface area contributed by atoms with E-state index >= 15 is 0 Å². The zero-order valence-corrected chi connectivity index (χ0v) is 13.4. The van der Waals surface area contributed by atoms with Crippen molar-refractivity contribution < 1.29 is 19.1 Å². The van der Waals surface area contributed by atoms with E-state index in [9.17, 15) is 14.4 Å². The Morgan fingerprint density at radius 3 is 2.57 bits per heavy atom. The van der Waals surface area contributed by atoms with E-state index in [1.54, 1.807) is 6.92 Å². The minimum atomic E-state index is -0.705. The quantitative estimate of drug-likeness (QED) is 0.831. The molecular formula is C15H15N3O4S. The normalized spacial score (nSPS) is 10.0. The lowest BCUT2D eigenvalue weighted by molar-refractivity contribution is -0.123. The highest BCUT2D eigenvalue weighted by molar-refractivity contribution is 7.17. The molecule has 1 aromatic heterocycles. The maximum absolute atomic E-state index is 12.0. The number of aromatic nitrogens is 1. The number of rotatable bonds is 4. The molecule has 23 heavy (non-hydrogen) atoms. The Morgan fingerprint density at radius 1 is 1.22 bits per heavy atom. The summed E-state index contributed by atoms with van der Waals surface area (Å²) in [5.41, 5.74) is 1.43. The van der Waals surface area contributed by atoms with E-state index in [0.717, 1.165) is 5.56 Å². The van der Waals surface area contributed by atoms with Gasteiger partial charge in [0.1, 0.15) is 9.88 Å². The van der Waals surface area contributed by atoms with Crippen LogP contribution in [0.3, 0.4) is 0 Å². The van der Waals surface area contributed by atoms with Crippen LogP contribution < -0.4 is 10.6 Å². The van der Waals surface area contributed by atoms with Gasteiger partial charge >= 0.3 is 12.0 Å². The fourth-order valence-corrected chi connectivity index (χ4v) is 2.68. The summed E-state index contributed by atoms with van der Waals surface area (Å²) in [4.78, 5) is 39.1. The molecule has 0 aliphatic carbocycles. The van der Waals surface area contributed by atoms with Crippen LogP contribution in [0.25, 0.3) is 10.6 Å². The van der Waals surface area contributed by atoms with Gasteiger partial charge in [0.15, 0.2) is 6.61 Å². The van der Waals surface area contributed by atoms with Crippen LogP contribution in [0.15, 0.2) is 30.3 Å². The fraction of sp³-hybridized carbons (Fsp3) is 0.200. The number of carbonyl (C=O) groups excluding carboxylic acids is 3. The Kier molecular flexibility index (Phi) is 5.42. The Bertz CT molecular complexity index is 728. The Hall–Kier alpha value is -2.74. The summed E-state index contributed by atoms with van der Waals surface area (Å²) in [5.74, 6) is -1.35. The molecule has 2 aromatic rings. The van der Waals surface area contributed by atoms with Gasteiger partial charge in [0.05, 0.1) is 5.69 Å². The lowest BCUT2D eigenvalue weighted by Crippen LogP contribution is -2.39. The van der Waals surface area contributed by atoms with Gasteiger partial charge in [-0.1, -0.05) is 30.3 Å².